The monoisotopic (exact) mass is 454 g/mol. The lowest BCUT2D eigenvalue weighted by molar-refractivity contribution is -0.121. The maximum absolute atomic E-state index is 12.3. The van der Waals surface area contributed by atoms with Crippen molar-refractivity contribution in [3.05, 3.63) is 121 Å². The van der Waals surface area contributed by atoms with E-state index in [-0.39, 0.29) is 5.92 Å². The Morgan fingerprint density at radius 3 is 2.09 bits per heavy atom. The van der Waals surface area contributed by atoms with Gasteiger partial charge in [0.15, 0.2) is 0 Å². The van der Waals surface area contributed by atoms with E-state index >= 15 is 0 Å². The molecule has 1 saturated carbocycles. The molecule has 3 nitrogen and oxygen atoms in total. The molecule has 0 N–H and O–H groups in total. The summed E-state index contributed by atoms with van der Waals surface area (Å²) in [6.07, 6.45) is 5.00. The number of carbonyl (C=O) groups is 1. The Hall–Kier alpha value is -3.59. The van der Waals surface area contributed by atoms with Gasteiger partial charge in [-0.1, -0.05) is 72.8 Å². The zero-order valence-corrected chi connectivity index (χ0v) is 19.8. The fraction of sp³-hybridized carbons (Fsp3) is 0.258. The molecule has 3 aromatic carbocycles. The molecule has 1 aliphatic carbocycles. The summed E-state index contributed by atoms with van der Waals surface area (Å²) in [6.45, 7) is 10.9. The lowest BCUT2D eigenvalue weighted by Crippen LogP contribution is -2.23. The molecule has 0 amide bonds. The van der Waals surface area contributed by atoms with E-state index in [2.05, 4.69) is 50.1 Å². The highest BCUT2D eigenvalue weighted by Crippen LogP contribution is 2.43. The molecule has 0 saturated heterocycles. The van der Waals surface area contributed by atoms with Crippen molar-refractivity contribution in [1.29, 1.82) is 0 Å². The maximum Gasteiger partial charge on any atom is 0.133 e. The minimum atomic E-state index is 0.142. The van der Waals surface area contributed by atoms with Gasteiger partial charge in [0, 0.05) is 18.9 Å². The van der Waals surface area contributed by atoms with Crippen molar-refractivity contribution >= 4 is 5.78 Å². The highest BCUT2D eigenvalue weighted by molar-refractivity contribution is 5.80. The van der Waals surface area contributed by atoms with Crippen LogP contribution < -0.4 is 9.47 Å². The lowest BCUT2D eigenvalue weighted by atomic mass is 9.73. The van der Waals surface area contributed by atoms with E-state index in [9.17, 15) is 4.79 Å². The predicted molar refractivity (Wildman–Crippen MR) is 139 cm³/mol. The number of carbonyl (C=O) groups excluding carboxylic acids is 1. The molecular weight excluding hydrogens is 420 g/mol. The molecule has 1 fully saturated rings. The van der Waals surface area contributed by atoms with Gasteiger partial charge >= 0.3 is 0 Å². The summed E-state index contributed by atoms with van der Waals surface area (Å²) >= 11 is 0. The van der Waals surface area contributed by atoms with Gasteiger partial charge < -0.3 is 9.47 Å². The second-order valence-corrected chi connectivity index (χ2v) is 8.42. The van der Waals surface area contributed by atoms with Gasteiger partial charge in [0.05, 0.1) is 0 Å². The fourth-order valence-electron chi connectivity index (χ4n) is 4.43. The van der Waals surface area contributed by atoms with Crippen LogP contribution in [0.5, 0.6) is 11.5 Å². The molecule has 1 aliphatic rings. The van der Waals surface area contributed by atoms with Crippen LogP contribution in [-0.2, 0) is 18.0 Å². The quantitative estimate of drug-likeness (QED) is 0.311. The van der Waals surface area contributed by atoms with Crippen LogP contribution in [0.1, 0.15) is 48.3 Å². The fourth-order valence-corrected chi connectivity index (χ4v) is 4.43. The molecule has 0 unspecified atom stereocenters. The third-order valence-corrected chi connectivity index (χ3v) is 6.15. The number of rotatable bonds is 9. The summed E-state index contributed by atoms with van der Waals surface area (Å²) in [7, 11) is 0. The Bertz CT molecular complexity index is 1040. The minimum Gasteiger partial charge on any atom is -0.489 e. The SMILES string of the molecule is C=C.C=CC[C@H]1CCC(=O)C[C@@H]1c1ccc(OCc2ccccc2)cc1OCc1ccccc1. The normalized spacial score (nSPS) is 17.2. The molecule has 3 aromatic rings. The first-order valence-electron chi connectivity index (χ1n) is 11.8. The molecule has 3 heteroatoms. The van der Waals surface area contributed by atoms with Crippen LogP contribution in [-0.4, -0.2) is 5.78 Å². The highest BCUT2D eigenvalue weighted by atomic mass is 16.5. The second kappa shape index (κ2) is 13.2. The van der Waals surface area contributed by atoms with Gasteiger partial charge in [-0.25, -0.2) is 0 Å². The van der Waals surface area contributed by atoms with Gasteiger partial charge in [-0.3, -0.25) is 4.79 Å². The first-order valence-corrected chi connectivity index (χ1v) is 11.8. The molecule has 2 atom stereocenters. The summed E-state index contributed by atoms with van der Waals surface area (Å²) in [5.74, 6) is 2.44. The van der Waals surface area contributed by atoms with Gasteiger partial charge in [0.1, 0.15) is 30.5 Å². The lowest BCUT2D eigenvalue weighted by Gasteiger charge is -2.32. The van der Waals surface area contributed by atoms with Gasteiger partial charge in [-0.05, 0) is 47.4 Å². The van der Waals surface area contributed by atoms with E-state index in [0.717, 1.165) is 41.0 Å². The second-order valence-electron chi connectivity index (χ2n) is 8.42. The van der Waals surface area contributed by atoms with Crippen molar-refractivity contribution in [1.82, 2.24) is 0 Å². The third kappa shape index (κ3) is 6.95. The predicted octanol–water partition coefficient (Wildman–Crippen LogP) is 7.68. The van der Waals surface area contributed by atoms with Crippen LogP contribution in [0.3, 0.4) is 0 Å². The van der Waals surface area contributed by atoms with E-state index < -0.39 is 0 Å². The molecule has 176 valence electrons. The topological polar surface area (TPSA) is 35.5 Å². The van der Waals surface area contributed by atoms with Crippen molar-refractivity contribution in [3.8, 4) is 11.5 Å². The Kier molecular flexibility index (Phi) is 9.72. The Balaban J connectivity index is 0.00000158. The average Bonchev–Trinajstić information content (AvgIpc) is 2.90. The summed E-state index contributed by atoms with van der Waals surface area (Å²) in [4.78, 5) is 12.3. The first-order chi connectivity index (χ1) is 16.7. The van der Waals surface area contributed by atoms with Crippen molar-refractivity contribution in [2.24, 2.45) is 5.92 Å². The first kappa shape index (κ1) is 25.0. The van der Waals surface area contributed by atoms with Gasteiger partial charge in [0.2, 0.25) is 0 Å². The number of ether oxygens (including phenoxy) is 2. The summed E-state index contributed by atoms with van der Waals surface area (Å²) in [6, 6.07) is 26.3. The number of Topliss-reactive ketones (excluding diaryl/α,β-unsaturated/α-hetero) is 1. The molecule has 0 aromatic heterocycles. The molecular formula is C31H34O3. The van der Waals surface area contributed by atoms with E-state index in [1.165, 1.54) is 0 Å². The number of hydrogen-bond donors (Lipinski definition) is 0. The molecule has 0 aliphatic heterocycles. The molecule has 0 spiro atoms. The Morgan fingerprint density at radius 2 is 1.47 bits per heavy atom. The van der Waals surface area contributed by atoms with E-state index in [0.29, 0.717) is 37.8 Å². The molecule has 4 rings (SSSR count). The zero-order valence-electron chi connectivity index (χ0n) is 19.8. The van der Waals surface area contributed by atoms with Gasteiger partial charge in [-0.2, -0.15) is 0 Å². The van der Waals surface area contributed by atoms with Crippen LogP contribution in [0.25, 0.3) is 0 Å². The minimum absolute atomic E-state index is 0.142. The Labute approximate surface area is 203 Å². The standard InChI is InChI=1S/C29H30O3.C2H4/c1-2-9-24-14-15-25(30)18-28(24)27-17-16-26(31-20-22-10-5-3-6-11-22)19-29(27)32-21-23-12-7-4-8-13-23;1-2/h2-8,10-13,16-17,19,24,28H,1,9,14-15,18,20-21H2;1-2H2/t24-,28-;/m0./s1. The smallest absolute Gasteiger partial charge is 0.133 e. The number of allylic oxidation sites excluding steroid dienone is 1. The molecule has 0 bridgehead atoms. The summed E-state index contributed by atoms with van der Waals surface area (Å²) in [5.41, 5.74) is 3.32. The molecule has 0 radical (unpaired) electrons. The van der Waals surface area contributed by atoms with Crippen molar-refractivity contribution in [2.45, 2.75) is 44.8 Å². The highest BCUT2D eigenvalue weighted by Gasteiger charge is 2.31. The molecule has 0 heterocycles. The Morgan fingerprint density at radius 1 is 0.853 bits per heavy atom. The van der Waals surface area contributed by atoms with Crippen LogP contribution in [0.15, 0.2) is 105 Å². The van der Waals surface area contributed by atoms with E-state index in [4.69, 9.17) is 9.47 Å². The molecule has 34 heavy (non-hydrogen) atoms. The van der Waals surface area contributed by atoms with Crippen LogP contribution >= 0.6 is 0 Å². The summed E-state index contributed by atoms with van der Waals surface area (Å²) in [5, 5.41) is 0. The maximum atomic E-state index is 12.3. The number of ketones is 1. The number of hydrogen-bond acceptors (Lipinski definition) is 3. The van der Waals surface area contributed by atoms with Crippen molar-refractivity contribution in [2.75, 3.05) is 0 Å². The van der Waals surface area contributed by atoms with Crippen molar-refractivity contribution < 1.29 is 14.3 Å². The largest absolute Gasteiger partial charge is 0.489 e. The summed E-state index contributed by atoms with van der Waals surface area (Å²) < 4.78 is 12.4. The third-order valence-electron chi connectivity index (χ3n) is 6.15. The van der Waals surface area contributed by atoms with E-state index in [1.54, 1.807) is 0 Å². The van der Waals surface area contributed by atoms with Gasteiger partial charge in [-0.15, -0.1) is 19.7 Å². The average molecular weight is 455 g/mol. The zero-order chi connectivity index (χ0) is 24.2. The van der Waals surface area contributed by atoms with Gasteiger partial charge in [0.25, 0.3) is 0 Å². The van der Waals surface area contributed by atoms with Crippen LogP contribution in [0.4, 0.5) is 0 Å². The number of benzene rings is 3. The van der Waals surface area contributed by atoms with Crippen molar-refractivity contribution in [3.63, 3.8) is 0 Å². The van der Waals surface area contributed by atoms with Crippen LogP contribution in [0.2, 0.25) is 0 Å². The van der Waals surface area contributed by atoms with Crippen LogP contribution in [0, 0.1) is 5.92 Å². The van der Waals surface area contributed by atoms with E-state index in [1.807, 2.05) is 54.6 Å².